The molecule has 18 heavy (non-hydrogen) atoms. The van der Waals surface area contributed by atoms with Gasteiger partial charge in [-0.1, -0.05) is 0 Å². The van der Waals surface area contributed by atoms with Crippen LogP contribution in [0.4, 0.5) is 5.69 Å². The molecule has 1 aliphatic rings. The minimum Gasteiger partial charge on any atom is -0.391 e. The maximum Gasteiger partial charge on any atom is 0.330 e. The molecule has 1 fully saturated rings. The van der Waals surface area contributed by atoms with Crippen molar-refractivity contribution in [3.05, 3.63) is 27.0 Å². The monoisotopic (exact) mass is 257 g/mol. The zero-order valence-corrected chi connectivity index (χ0v) is 9.16. The van der Waals surface area contributed by atoms with Crippen LogP contribution in [0.5, 0.6) is 0 Å². The number of aliphatic hydroxyl groups excluding tert-OH is 1. The summed E-state index contributed by atoms with van der Waals surface area (Å²) < 4.78 is 11.3. The Labute approximate surface area is 100.0 Å². The normalized spacial score (nSPS) is 22.9. The first-order chi connectivity index (χ1) is 8.65. The van der Waals surface area contributed by atoms with Gasteiger partial charge in [-0.15, -0.1) is 0 Å². The van der Waals surface area contributed by atoms with Crippen LogP contribution in [0.2, 0.25) is 0 Å². The summed E-state index contributed by atoms with van der Waals surface area (Å²) in [5.41, 5.74) is -1.48. The third-order valence-corrected chi connectivity index (χ3v) is 2.38. The lowest BCUT2D eigenvalue weighted by Gasteiger charge is -2.13. The van der Waals surface area contributed by atoms with Crippen molar-refractivity contribution in [2.24, 2.45) is 0 Å². The molecule has 0 radical (unpaired) electrons. The SMILES string of the molecule is O=CNc1cn(C2COC(CO)O2)c(=O)[nH]c1=O. The van der Waals surface area contributed by atoms with Crippen molar-refractivity contribution in [1.29, 1.82) is 0 Å². The van der Waals surface area contributed by atoms with Crippen LogP contribution in [0, 0.1) is 0 Å². The van der Waals surface area contributed by atoms with E-state index in [1.54, 1.807) is 0 Å². The third kappa shape index (κ3) is 2.32. The molecule has 0 spiro atoms. The Hall–Kier alpha value is -1.97. The van der Waals surface area contributed by atoms with Gasteiger partial charge in [0.25, 0.3) is 5.56 Å². The number of carbonyl (C=O) groups is 1. The number of carbonyl (C=O) groups excluding carboxylic acids is 1. The van der Waals surface area contributed by atoms with Gasteiger partial charge in [0.05, 0.1) is 13.2 Å². The molecule has 0 saturated carbocycles. The highest BCUT2D eigenvalue weighted by molar-refractivity contribution is 5.69. The lowest BCUT2D eigenvalue weighted by molar-refractivity contribution is -0.105. The number of ether oxygens (including phenoxy) is 2. The second kappa shape index (κ2) is 5.12. The Balaban J connectivity index is 2.33. The molecule has 9 heteroatoms. The Morgan fingerprint density at radius 2 is 2.39 bits per heavy atom. The maximum absolute atomic E-state index is 11.6. The molecule has 2 unspecified atom stereocenters. The molecule has 0 aromatic carbocycles. The molecule has 2 rings (SSSR count). The van der Waals surface area contributed by atoms with Gasteiger partial charge in [0.1, 0.15) is 5.69 Å². The van der Waals surface area contributed by atoms with E-state index >= 15 is 0 Å². The van der Waals surface area contributed by atoms with E-state index in [9.17, 15) is 14.4 Å². The van der Waals surface area contributed by atoms with Crippen molar-refractivity contribution < 1.29 is 19.4 Å². The molecule has 9 nitrogen and oxygen atoms in total. The summed E-state index contributed by atoms with van der Waals surface area (Å²) in [7, 11) is 0. The van der Waals surface area contributed by atoms with Crippen molar-refractivity contribution >= 4 is 12.1 Å². The fraction of sp³-hybridized carbons (Fsp3) is 0.444. The van der Waals surface area contributed by atoms with E-state index < -0.39 is 23.8 Å². The summed E-state index contributed by atoms with van der Waals surface area (Å²) >= 11 is 0. The molecular weight excluding hydrogens is 246 g/mol. The van der Waals surface area contributed by atoms with E-state index in [0.29, 0.717) is 6.41 Å². The number of amides is 1. The van der Waals surface area contributed by atoms with Crippen LogP contribution in [0.3, 0.4) is 0 Å². The average Bonchev–Trinajstić information content (AvgIpc) is 2.81. The Bertz CT molecular complexity index is 550. The number of hydrogen-bond donors (Lipinski definition) is 3. The molecule has 3 N–H and O–H groups in total. The van der Waals surface area contributed by atoms with Gasteiger partial charge in [-0.25, -0.2) is 4.79 Å². The van der Waals surface area contributed by atoms with E-state index in [1.807, 2.05) is 4.98 Å². The topological polar surface area (TPSA) is 123 Å². The maximum atomic E-state index is 11.6. The second-order valence-corrected chi connectivity index (χ2v) is 3.51. The highest BCUT2D eigenvalue weighted by atomic mass is 16.7. The van der Waals surface area contributed by atoms with Gasteiger partial charge in [0, 0.05) is 6.20 Å². The fourth-order valence-electron chi connectivity index (χ4n) is 1.55. The molecule has 1 amide bonds. The second-order valence-electron chi connectivity index (χ2n) is 3.51. The van der Waals surface area contributed by atoms with Crippen molar-refractivity contribution in [3.63, 3.8) is 0 Å². The van der Waals surface area contributed by atoms with Gasteiger partial charge < -0.3 is 19.9 Å². The number of H-pyrrole nitrogens is 1. The predicted molar refractivity (Wildman–Crippen MR) is 58.0 cm³/mol. The number of aromatic nitrogens is 2. The first kappa shape index (κ1) is 12.5. The predicted octanol–water partition coefficient (Wildman–Crippen LogP) is -2.03. The van der Waals surface area contributed by atoms with Crippen LogP contribution in [-0.4, -0.2) is 40.6 Å². The molecule has 1 aliphatic heterocycles. The molecule has 1 aromatic rings. The molecule has 0 aliphatic carbocycles. The van der Waals surface area contributed by atoms with Crippen LogP contribution in [0.1, 0.15) is 6.23 Å². The largest absolute Gasteiger partial charge is 0.391 e. The zero-order chi connectivity index (χ0) is 13.1. The highest BCUT2D eigenvalue weighted by Gasteiger charge is 2.27. The summed E-state index contributed by atoms with van der Waals surface area (Å²) in [6, 6.07) is 0. The fourth-order valence-corrected chi connectivity index (χ4v) is 1.55. The number of aliphatic hydroxyl groups is 1. The number of nitrogens with one attached hydrogen (secondary N) is 2. The third-order valence-electron chi connectivity index (χ3n) is 2.38. The molecule has 2 heterocycles. The van der Waals surface area contributed by atoms with E-state index in [-0.39, 0.29) is 18.9 Å². The summed E-state index contributed by atoms with van der Waals surface area (Å²) in [6.45, 7) is -0.286. The summed E-state index contributed by atoms with van der Waals surface area (Å²) in [5.74, 6) is 0. The molecule has 1 saturated heterocycles. The number of hydrogen-bond acceptors (Lipinski definition) is 6. The van der Waals surface area contributed by atoms with E-state index in [4.69, 9.17) is 14.6 Å². The van der Waals surface area contributed by atoms with E-state index in [2.05, 4.69) is 5.32 Å². The van der Waals surface area contributed by atoms with Gasteiger partial charge in [0.2, 0.25) is 6.41 Å². The van der Waals surface area contributed by atoms with Crippen molar-refractivity contribution in [1.82, 2.24) is 9.55 Å². The number of anilines is 1. The van der Waals surface area contributed by atoms with E-state index in [1.165, 1.54) is 0 Å². The Kier molecular flexibility index (Phi) is 3.55. The average molecular weight is 257 g/mol. The molecule has 98 valence electrons. The minimum absolute atomic E-state index is 0.0533. The highest BCUT2D eigenvalue weighted by Crippen LogP contribution is 2.19. The molecule has 1 aromatic heterocycles. The quantitative estimate of drug-likeness (QED) is 0.534. The van der Waals surface area contributed by atoms with Gasteiger partial charge in [-0.2, -0.15) is 0 Å². The van der Waals surface area contributed by atoms with Crippen LogP contribution >= 0.6 is 0 Å². The van der Waals surface area contributed by atoms with Crippen LogP contribution in [0.15, 0.2) is 15.8 Å². The van der Waals surface area contributed by atoms with Crippen molar-refractivity contribution in [3.8, 4) is 0 Å². The number of nitrogens with zero attached hydrogens (tertiary/aromatic N) is 1. The summed E-state index contributed by atoms with van der Waals surface area (Å²) in [5, 5.41) is 11.0. The standard InChI is InChI=1S/C9H11N3O6/c13-2-7-17-3-6(18-7)12-1-5(10-4-14)8(15)11-9(12)16/h1,4,6-7,13H,2-3H2,(H,10,14)(H,11,15,16). The molecular formula is C9H11N3O6. The minimum atomic E-state index is -0.809. The lowest BCUT2D eigenvalue weighted by atomic mass is 10.5. The van der Waals surface area contributed by atoms with E-state index in [0.717, 1.165) is 10.8 Å². The van der Waals surface area contributed by atoms with Gasteiger partial charge in [0.15, 0.2) is 12.5 Å². The Morgan fingerprint density at radius 1 is 1.61 bits per heavy atom. The van der Waals surface area contributed by atoms with Crippen molar-refractivity contribution in [2.75, 3.05) is 18.5 Å². The van der Waals surface area contributed by atoms with Gasteiger partial charge >= 0.3 is 5.69 Å². The first-order valence-electron chi connectivity index (χ1n) is 5.09. The summed E-state index contributed by atoms with van der Waals surface area (Å²) in [4.78, 5) is 35.2. The summed E-state index contributed by atoms with van der Waals surface area (Å²) in [6.07, 6.45) is -0.0966. The van der Waals surface area contributed by atoms with Crippen LogP contribution in [0.25, 0.3) is 0 Å². The molecule has 2 atom stereocenters. The smallest absolute Gasteiger partial charge is 0.330 e. The molecule has 0 bridgehead atoms. The lowest BCUT2D eigenvalue weighted by Crippen LogP contribution is -2.34. The van der Waals surface area contributed by atoms with Crippen molar-refractivity contribution in [2.45, 2.75) is 12.5 Å². The number of rotatable bonds is 4. The number of aromatic amines is 1. The first-order valence-corrected chi connectivity index (χ1v) is 5.09. The van der Waals surface area contributed by atoms with Gasteiger partial charge in [-0.05, 0) is 0 Å². The van der Waals surface area contributed by atoms with Crippen LogP contribution in [-0.2, 0) is 14.3 Å². The van der Waals surface area contributed by atoms with Gasteiger partial charge in [-0.3, -0.25) is 19.1 Å². The Morgan fingerprint density at radius 3 is 3.00 bits per heavy atom. The zero-order valence-electron chi connectivity index (χ0n) is 9.16. The van der Waals surface area contributed by atoms with Crippen LogP contribution < -0.4 is 16.6 Å².